The van der Waals surface area contributed by atoms with Crippen LogP contribution in [-0.4, -0.2) is 7.05 Å². The number of aromatic nitrogens is 1. The molecule has 0 atom stereocenters. The van der Waals surface area contributed by atoms with Gasteiger partial charge in [-0.15, -0.1) is 0 Å². The molecule has 2 aromatic carbocycles. The van der Waals surface area contributed by atoms with Crippen LogP contribution in [0.4, 0.5) is 5.69 Å². The van der Waals surface area contributed by atoms with E-state index in [2.05, 4.69) is 65.1 Å². The molecular formula is C22H23N2O+. The third-order valence-corrected chi connectivity index (χ3v) is 4.76. The maximum Gasteiger partial charge on any atom is 0.213 e. The fourth-order valence-electron chi connectivity index (χ4n) is 3.34. The average molecular weight is 331 g/mol. The van der Waals surface area contributed by atoms with Crippen molar-refractivity contribution in [3.8, 4) is 5.75 Å². The third kappa shape index (κ3) is 2.86. The van der Waals surface area contributed by atoms with E-state index < -0.39 is 0 Å². The quantitative estimate of drug-likeness (QED) is 0.641. The van der Waals surface area contributed by atoms with Crippen molar-refractivity contribution < 1.29 is 9.30 Å². The highest BCUT2D eigenvalue weighted by atomic mass is 16.5. The Bertz CT molecular complexity index is 946. The summed E-state index contributed by atoms with van der Waals surface area (Å²) in [6, 6.07) is 18.9. The van der Waals surface area contributed by atoms with Crippen LogP contribution in [0.5, 0.6) is 5.75 Å². The molecule has 1 aliphatic heterocycles. The van der Waals surface area contributed by atoms with Crippen molar-refractivity contribution in [3.63, 3.8) is 0 Å². The molecule has 3 heteroatoms. The van der Waals surface area contributed by atoms with Gasteiger partial charge in [0.15, 0.2) is 11.9 Å². The van der Waals surface area contributed by atoms with Crippen LogP contribution >= 0.6 is 0 Å². The van der Waals surface area contributed by atoms with E-state index in [0.29, 0.717) is 0 Å². The highest BCUT2D eigenvalue weighted by molar-refractivity contribution is 5.86. The molecule has 0 unspecified atom stereocenters. The number of anilines is 1. The van der Waals surface area contributed by atoms with Crippen molar-refractivity contribution >= 4 is 22.7 Å². The Kier molecular flexibility index (Phi) is 4.14. The zero-order valence-electron chi connectivity index (χ0n) is 14.8. The molecule has 0 saturated heterocycles. The van der Waals surface area contributed by atoms with Gasteiger partial charge in [-0.2, -0.15) is 4.57 Å². The predicted molar refractivity (Wildman–Crippen MR) is 103 cm³/mol. The number of hydrogen-bond acceptors (Lipinski definition) is 2. The van der Waals surface area contributed by atoms with E-state index in [1.54, 1.807) is 0 Å². The van der Waals surface area contributed by atoms with Crippen molar-refractivity contribution in [1.29, 1.82) is 0 Å². The standard InChI is InChI=1S/C22H23N2O/c1-3-4-14-24-15-13-17(18-9-5-6-10-19(18)24)16-22-23(2)20-11-7-8-12-21(20)25-22/h5-13,15-16H,3-4,14H2,1-2H3/q+1. The van der Waals surface area contributed by atoms with E-state index in [4.69, 9.17) is 4.74 Å². The molecule has 0 amide bonds. The third-order valence-electron chi connectivity index (χ3n) is 4.76. The molecule has 126 valence electrons. The number of unbranched alkanes of at least 4 members (excludes halogenated alkanes) is 1. The second kappa shape index (κ2) is 6.60. The van der Waals surface area contributed by atoms with Crippen LogP contribution < -0.4 is 14.2 Å². The minimum atomic E-state index is 0.859. The fourth-order valence-corrected chi connectivity index (χ4v) is 3.34. The molecule has 3 aromatic rings. The van der Waals surface area contributed by atoms with E-state index in [9.17, 15) is 0 Å². The summed E-state index contributed by atoms with van der Waals surface area (Å²) in [4.78, 5) is 2.10. The number of fused-ring (bicyclic) bond motifs is 2. The van der Waals surface area contributed by atoms with E-state index in [1.807, 2.05) is 25.2 Å². The van der Waals surface area contributed by atoms with Gasteiger partial charge in [0.1, 0.15) is 6.54 Å². The Hall–Kier alpha value is -2.81. The van der Waals surface area contributed by atoms with Gasteiger partial charge in [-0.1, -0.05) is 37.6 Å². The highest BCUT2D eigenvalue weighted by Crippen LogP contribution is 2.38. The zero-order valence-corrected chi connectivity index (χ0v) is 14.8. The number of benzene rings is 2. The first-order valence-electron chi connectivity index (χ1n) is 8.91. The molecule has 0 N–H and O–H groups in total. The Labute approximate surface area is 148 Å². The minimum absolute atomic E-state index is 0.859. The van der Waals surface area contributed by atoms with E-state index in [-0.39, 0.29) is 0 Å². The fraction of sp³-hybridized carbons (Fsp3) is 0.227. The summed E-state index contributed by atoms with van der Waals surface area (Å²) in [5.74, 6) is 1.77. The second-order valence-corrected chi connectivity index (χ2v) is 6.45. The number of pyridine rings is 1. The molecular weight excluding hydrogens is 308 g/mol. The molecule has 0 fully saturated rings. The first-order valence-corrected chi connectivity index (χ1v) is 8.91. The van der Waals surface area contributed by atoms with Gasteiger partial charge in [0.2, 0.25) is 11.4 Å². The Balaban J connectivity index is 1.76. The second-order valence-electron chi connectivity index (χ2n) is 6.45. The summed E-state index contributed by atoms with van der Waals surface area (Å²) in [6.45, 7) is 3.28. The molecule has 3 nitrogen and oxygen atoms in total. The smallest absolute Gasteiger partial charge is 0.213 e. The summed E-state index contributed by atoms with van der Waals surface area (Å²) in [5, 5.41) is 1.25. The van der Waals surface area contributed by atoms with Crippen molar-refractivity contribution in [2.75, 3.05) is 11.9 Å². The number of rotatable bonds is 4. The maximum atomic E-state index is 6.05. The van der Waals surface area contributed by atoms with Gasteiger partial charge in [-0.25, -0.2) is 0 Å². The van der Waals surface area contributed by atoms with Crippen LogP contribution in [0.25, 0.3) is 17.0 Å². The predicted octanol–water partition coefficient (Wildman–Crippen LogP) is 4.75. The normalized spacial score (nSPS) is 14.8. The van der Waals surface area contributed by atoms with Gasteiger partial charge in [0, 0.05) is 31.7 Å². The lowest BCUT2D eigenvalue weighted by Gasteiger charge is -2.11. The monoisotopic (exact) mass is 331 g/mol. The molecule has 1 aliphatic rings. The van der Waals surface area contributed by atoms with Crippen LogP contribution in [0, 0.1) is 0 Å². The van der Waals surface area contributed by atoms with Crippen molar-refractivity contribution in [2.24, 2.45) is 0 Å². The average Bonchev–Trinajstić information content (AvgIpc) is 2.97. The van der Waals surface area contributed by atoms with Crippen LogP contribution in [-0.2, 0) is 6.54 Å². The van der Waals surface area contributed by atoms with Crippen LogP contribution in [0.2, 0.25) is 0 Å². The lowest BCUT2D eigenvalue weighted by atomic mass is 10.1. The molecule has 25 heavy (non-hydrogen) atoms. The molecule has 0 saturated carbocycles. The van der Waals surface area contributed by atoms with Crippen molar-refractivity contribution in [2.45, 2.75) is 26.3 Å². The summed E-state index contributed by atoms with van der Waals surface area (Å²) < 4.78 is 8.39. The minimum Gasteiger partial charge on any atom is -0.439 e. The topological polar surface area (TPSA) is 16.4 Å². The molecule has 2 heterocycles. The lowest BCUT2D eigenvalue weighted by molar-refractivity contribution is -0.671. The van der Waals surface area contributed by atoms with Crippen LogP contribution in [0.15, 0.2) is 66.7 Å². The lowest BCUT2D eigenvalue weighted by Crippen LogP contribution is -2.34. The highest BCUT2D eigenvalue weighted by Gasteiger charge is 2.23. The first kappa shape index (κ1) is 15.7. The van der Waals surface area contributed by atoms with Gasteiger partial charge in [-0.05, 0) is 23.8 Å². The molecule has 0 radical (unpaired) electrons. The molecule has 1 aromatic heterocycles. The van der Waals surface area contributed by atoms with E-state index in [0.717, 1.165) is 23.9 Å². The summed E-state index contributed by atoms with van der Waals surface area (Å²) in [5.41, 5.74) is 3.55. The molecule has 4 rings (SSSR count). The number of nitrogens with zero attached hydrogens (tertiary/aromatic N) is 2. The van der Waals surface area contributed by atoms with Gasteiger partial charge >= 0.3 is 0 Å². The largest absolute Gasteiger partial charge is 0.439 e. The Morgan fingerprint density at radius 1 is 1.04 bits per heavy atom. The van der Waals surface area contributed by atoms with E-state index in [1.165, 1.54) is 29.3 Å². The summed E-state index contributed by atoms with van der Waals surface area (Å²) >= 11 is 0. The summed E-state index contributed by atoms with van der Waals surface area (Å²) in [7, 11) is 2.05. The maximum absolute atomic E-state index is 6.05. The van der Waals surface area contributed by atoms with Gasteiger partial charge in [0.05, 0.1) is 11.1 Å². The van der Waals surface area contributed by atoms with Crippen LogP contribution in [0.3, 0.4) is 0 Å². The van der Waals surface area contributed by atoms with Crippen LogP contribution in [0.1, 0.15) is 25.3 Å². The molecule has 0 bridgehead atoms. The Morgan fingerprint density at radius 3 is 2.68 bits per heavy atom. The van der Waals surface area contributed by atoms with Crippen molar-refractivity contribution in [1.82, 2.24) is 0 Å². The van der Waals surface area contributed by atoms with E-state index >= 15 is 0 Å². The van der Waals surface area contributed by atoms with Gasteiger partial charge in [-0.3, -0.25) is 0 Å². The number of hydrogen-bond donors (Lipinski definition) is 0. The number of aryl methyl sites for hydroxylation is 1. The summed E-state index contributed by atoms with van der Waals surface area (Å²) in [6.07, 6.45) is 6.71. The van der Waals surface area contributed by atoms with Gasteiger partial charge in [0.25, 0.3) is 0 Å². The van der Waals surface area contributed by atoms with Gasteiger partial charge < -0.3 is 9.64 Å². The Morgan fingerprint density at radius 2 is 1.84 bits per heavy atom. The molecule has 0 aliphatic carbocycles. The zero-order chi connectivity index (χ0) is 17.2. The number of ether oxygens (including phenoxy) is 1. The molecule has 0 spiro atoms. The first-order chi connectivity index (χ1) is 12.3. The van der Waals surface area contributed by atoms with Crippen molar-refractivity contribution in [3.05, 3.63) is 72.2 Å². The SMILES string of the molecule is CCCC[n+]1ccc(C=C2Oc3ccccc3N2C)c2ccccc21. The number of para-hydroxylation sites is 3.